The van der Waals surface area contributed by atoms with Crippen LogP contribution >= 0.6 is 11.3 Å². The number of ketones is 1. The highest BCUT2D eigenvalue weighted by Gasteiger charge is 2.16. The topological polar surface area (TPSA) is 34.9 Å². The van der Waals surface area contributed by atoms with Gasteiger partial charge in [0.2, 0.25) is 5.78 Å². The summed E-state index contributed by atoms with van der Waals surface area (Å²) >= 11 is 1.48. The molecule has 2 aromatic rings. The number of hydrogen-bond donors (Lipinski definition) is 0. The first kappa shape index (κ1) is 10.1. The smallest absolute Gasteiger partial charge is 0.221 e. The van der Waals surface area contributed by atoms with Crippen molar-refractivity contribution in [2.75, 3.05) is 0 Å². The molecule has 0 aromatic carbocycles. The van der Waals surface area contributed by atoms with E-state index in [4.69, 9.17) is 0 Å². The largest absolute Gasteiger partial charge is 0.286 e. The second-order valence-corrected chi connectivity index (χ2v) is 4.21. The fraction of sp³-hybridized carbons (Fsp3) is 0.273. The van der Waals surface area contributed by atoms with E-state index in [0.29, 0.717) is 5.69 Å². The molecular weight excluding hydrogens is 208 g/mol. The fourth-order valence-electron chi connectivity index (χ4n) is 1.50. The van der Waals surface area contributed by atoms with Crippen molar-refractivity contribution in [1.29, 1.82) is 0 Å². The van der Waals surface area contributed by atoms with E-state index >= 15 is 0 Å². The summed E-state index contributed by atoms with van der Waals surface area (Å²) in [4.78, 5) is 12.9. The standard InChI is InChI=1S/C11H12N2OS/c1-3-13-9(4-6-12-13)10(14)11-8(2)5-7-15-11/h4-7H,3H2,1-2H3. The van der Waals surface area contributed by atoms with Crippen LogP contribution in [-0.4, -0.2) is 15.6 Å². The maximum atomic E-state index is 12.1. The molecule has 0 radical (unpaired) electrons. The van der Waals surface area contributed by atoms with Gasteiger partial charge in [-0.15, -0.1) is 11.3 Å². The Balaban J connectivity index is 2.41. The van der Waals surface area contributed by atoms with E-state index < -0.39 is 0 Å². The predicted octanol–water partition coefficient (Wildman–Crippen LogP) is 2.50. The molecule has 78 valence electrons. The zero-order valence-corrected chi connectivity index (χ0v) is 9.54. The Bertz CT molecular complexity index is 484. The third-order valence-corrected chi connectivity index (χ3v) is 3.33. The Hall–Kier alpha value is -1.42. The number of hydrogen-bond acceptors (Lipinski definition) is 3. The van der Waals surface area contributed by atoms with E-state index in [-0.39, 0.29) is 5.78 Å². The monoisotopic (exact) mass is 220 g/mol. The number of carbonyl (C=O) groups is 1. The molecule has 3 nitrogen and oxygen atoms in total. The van der Waals surface area contributed by atoms with Crippen molar-refractivity contribution < 1.29 is 4.79 Å². The molecule has 2 heterocycles. The first-order chi connectivity index (χ1) is 7.24. The summed E-state index contributed by atoms with van der Waals surface area (Å²) in [6.45, 7) is 4.65. The summed E-state index contributed by atoms with van der Waals surface area (Å²) < 4.78 is 1.72. The Kier molecular flexibility index (Phi) is 2.68. The summed E-state index contributed by atoms with van der Waals surface area (Å²) in [5.41, 5.74) is 1.71. The van der Waals surface area contributed by atoms with Crippen molar-refractivity contribution in [3.05, 3.63) is 39.8 Å². The lowest BCUT2D eigenvalue weighted by Crippen LogP contribution is -2.10. The summed E-state index contributed by atoms with van der Waals surface area (Å²) in [7, 11) is 0. The fourth-order valence-corrected chi connectivity index (χ4v) is 2.37. The summed E-state index contributed by atoms with van der Waals surface area (Å²) in [5.74, 6) is 0.0712. The Labute approximate surface area is 92.4 Å². The predicted molar refractivity (Wildman–Crippen MR) is 60.4 cm³/mol. The van der Waals surface area contributed by atoms with Crippen LogP contribution in [0.5, 0.6) is 0 Å². The van der Waals surface area contributed by atoms with E-state index in [0.717, 1.165) is 17.0 Å². The molecular formula is C11H12N2OS. The maximum absolute atomic E-state index is 12.1. The van der Waals surface area contributed by atoms with Crippen LogP contribution in [0.3, 0.4) is 0 Å². The number of aryl methyl sites for hydroxylation is 2. The Morgan fingerprint density at radius 3 is 2.93 bits per heavy atom. The molecule has 0 bridgehead atoms. The molecule has 0 N–H and O–H groups in total. The van der Waals surface area contributed by atoms with Gasteiger partial charge in [0.05, 0.1) is 4.88 Å². The summed E-state index contributed by atoms with van der Waals surface area (Å²) in [6, 6.07) is 3.73. The molecule has 0 saturated carbocycles. The molecule has 4 heteroatoms. The highest BCUT2D eigenvalue weighted by Crippen LogP contribution is 2.19. The van der Waals surface area contributed by atoms with Crippen molar-refractivity contribution in [1.82, 2.24) is 9.78 Å². The van der Waals surface area contributed by atoms with Gasteiger partial charge >= 0.3 is 0 Å². The van der Waals surface area contributed by atoms with Gasteiger partial charge in [-0.3, -0.25) is 9.48 Å². The van der Waals surface area contributed by atoms with Crippen molar-refractivity contribution in [2.45, 2.75) is 20.4 Å². The van der Waals surface area contributed by atoms with Crippen LogP contribution in [0.15, 0.2) is 23.7 Å². The molecule has 0 amide bonds. The van der Waals surface area contributed by atoms with Gasteiger partial charge in [0.25, 0.3) is 0 Å². The van der Waals surface area contributed by atoms with Gasteiger partial charge in [0.15, 0.2) is 0 Å². The zero-order valence-electron chi connectivity index (χ0n) is 8.73. The third-order valence-electron chi connectivity index (χ3n) is 2.32. The van der Waals surface area contributed by atoms with Crippen LogP contribution in [0.4, 0.5) is 0 Å². The van der Waals surface area contributed by atoms with Crippen molar-refractivity contribution in [3.63, 3.8) is 0 Å². The molecule has 0 spiro atoms. The van der Waals surface area contributed by atoms with Crippen LogP contribution in [0.2, 0.25) is 0 Å². The van der Waals surface area contributed by atoms with Gasteiger partial charge in [-0.05, 0) is 36.9 Å². The number of aromatic nitrogens is 2. The van der Waals surface area contributed by atoms with Gasteiger partial charge in [-0.1, -0.05) is 0 Å². The van der Waals surface area contributed by atoms with E-state index in [9.17, 15) is 4.79 Å². The maximum Gasteiger partial charge on any atom is 0.221 e. The Morgan fingerprint density at radius 2 is 2.33 bits per heavy atom. The van der Waals surface area contributed by atoms with Gasteiger partial charge in [-0.25, -0.2) is 0 Å². The number of rotatable bonds is 3. The molecule has 0 aliphatic carbocycles. The van der Waals surface area contributed by atoms with Gasteiger partial charge in [0.1, 0.15) is 5.69 Å². The van der Waals surface area contributed by atoms with Crippen LogP contribution in [0.25, 0.3) is 0 Å². The van der Waals surface area contributed by atoms with E-state index in [1.54, 1.807) is 16.9 Å². The number of thiophene rings is 1. The highest BCUT2D eigenvalue weighted by molar-refractivity contribution is 7.12. The van der Waals surface area contributed by atoms with Crippen LogP contribution in [0.1, 0.15) is 27.9 Å². The molecule has 0 aliphatic heterocycles. The lowest BCUT2D eigenvalue weighted by Gasteiger charge is -2.02. The second-order valence-electron chi connectivity index (χ2n) is 3.29. The van der Waals surface area contributed by atoms with Crippen LogP contribution < -0.4 is 0 Å². The lowest BCUT2D eigenvalue weighted by molar-refractivity contribution is 0.103. The minimum Gasteiger partial charge on any atom is -0.286 e. The zero-order chi connectivity index (χ0) is 10.8. The SMILES string of the molecule is CCn1nccc1C(=O)c1sccc1C. The van der Waals surface area contributed by atoms with E-state index in [2.05, 4.69) is 5.10 Å². The van der Waals surface area contributed by atoms with Crippen molar-refractivity contribution in [2.24, 2.45) is 0 Å². The van der Waals surface area contributed by atoms with Gasteiger partial charge in [0, 0.05) is 12.7 Å². The quantitative estimate of drug-likeness (QED) is 0.745. The van der Waals surface area contributed by atoms with Crippen molar-refractivity contribution >= 4 is 17.1 Å². The minimum absolute atomic E-state index is 0.0712. The first-order valence-corrected chi connectivity index (χ1v) is 5.72. The Morgan fingerprint density at radius 1 is 1.53 bits per heavy atom. The van der Waals surface area contributed by atoms with Crippen LogP contribution in [-0.2, 0) is 6.54 Å². The average molecular weight is 220 g/mol. The van der Waals surface area contributed by atoms with E-state index in [1.165, 1.54) is 11.3 Å². The number of nitrogens with zero attached hydrogens (tertiary/aromatic N) is 2. The molecule has 0 aliphatic rings. The molecule has 0 atom stereocenters. The molecule has 15 heavy (non-hydrogen) atoms. The summed E-state index contributed by atoms with van der Waals surface area (Å²) in [5, 5.41) is 6.04. The molecule has 0 fully saturated rings. The minimum atomic E-state index is 0.0712. The van der Waals surface area contributed by atoms with E-state index in [1.807, 2.05) is 25.3 Å². The first-order valence-electron chi connectivity index (χ1n) is 4.84. The van der Waals surface area contributed by atoms with Crippen molar-refractivity contribution in [3.8, 4) is 0 Å². The normalized spacial score (nSPS) is 10.5. The average Bonchev–Trinajstić information content (AvgIpc) is 2.84. The molecule has 2 aromatic heterocycles. The van der Waals surface area contributed by atoms with Gasteiger partial charge < -0.3 is 0 Å². The highest BCUT2D eigenvalue weighted by atomic mass is 32.1. The summed E-state index contributed by atoms with van der Waals surface area (Å²) in [6.07, 6.45) is 1.67. The molecule has 2 rings (SSSR count). The molecule has 0 unspecified atom stereocenters. The number of carbonyl (C=O) groups excluding carboxylic acids is 1. The van der Waals surface area contributed by atoms with Gasteiger partial charge in [-0.2, -0.15) is 5.10 Å². The second kappa shape index (κ2) is 3.98. The molecule has 0 saturated heterocycles. The third kappa shape index (κ3) is 1.72. The lowest BCUT2D eigenvalue weighted by atomic mass is 10.2. The van der Waals surface area contributed by atoms with Crippen LogP contribution in [0, 0.1) is 6.92 Å².